The molecule has 1 unspecified atom stereocenters. The predicted molar refractivity (Wildman–Crippen MR) is 85.2 cm³/mol. The summed E-state index contributed by atoms with van der Waals surface area (Å²) in [5.41, 5.74) is 8.31. The normalized spacial score (nSPS) is 18.0. The molecule has 2 heterocycles. The Kier molecular flexibility index (Phi) is 5.06. The number of rotatable bonds is 4. The molecule has 2 rings (SSSR count). The molecule has 5 nitrogen and oxygen atoms in total. The van der Waals surface area contributed by atoms with Crippen LogP contribution in [0.4, 0.5) is 0 Å². The van der Waals surface area contributed by atoms with E-state index >= 15 is 0 Å². The first-order valence-electron chi connectivity index (χ1n) is 6.77. The topological polar surface area (TPSA) is 62.5 Å². The second kappa shape index (κ2) is 6.60. The third-order valence-electron chi connectivity index (χ3n) is 3.70. The van der Waals surface area contributed by atoms with Crippen LogP contribution < -0.4 is 5.73 Å². The Balaban J connectivity index is 1.96. The lowest BCUT2D eigenvalue weighted by Gasteiger charge is -2.38. The summed E-state index contributed by atoms with van der Waals surface area (Å²) in [5, 5.41) is 0. The number of thiocarbonyl (C=S) groups is 1. The summed E-state index contributed by atoms with van der Waals surface area (Å²) in [6.07, 6.45) is 0.914. The number of carbonyl (C=O) groups excluding carboxylic acids is 1. The van der Waals surface area contributed by atoms with Crippen LogP contribution in [0, 0.1) is 6.92 Å². The summed E-state index contributed by atoms with van der Waals surface area (Å²) in [4.78, 5) is 22.0. The van der Waals surface area contributed by atoms with E-state index in [0.29, 0.717) is 4.99 Å². The van der Waals surface area contributed by atoms with Crippen LogP contribution in [0.1, 0.15) is 28.7 Å². The van der Waals surface area contributed by atoms with E-state index in [2.05, 4.69) is 16.8 Å². The van der Waals surface area contributed by atoms with E-state index in [-0.39, 0.29) is 11.9 Å². The second-order valence-electron chi connectivity index (χ2n) is 4.92. The van der Waals surface area contributed by atoms with Crippen molar-refractivity contribution in [3.63, 3.8) is 0 Å². The first-order chi connectivity index (χ1) is 9.54. The van der Waals surface area contributed by atoms with Crippen LogP contribution in [0.15, 0.2) is 5.51 Å². The van der Waals surface area contributed by atoms with E-state index in [1.54, 1.807) is 5.51 Å². The minimum Gasteiger partial charge on any atom is -0.392 e. The maximum absolute atomic E-state index is 12.4. The third kappa shape index (κ3) is 3.16. The Morgan fingerprint density at radius 3 is 2.60 bits per heavy atom. The fraction of sp³-hybridized carbons (Fsp3) is 0.615. The van der Waals surface area contributed by atoms with E-state index in [1.807, 2.05) is 11.8 Å². The molecule has 7 heteroatoms. The van der Waals surface area contributed by atoms with Crippen molar-refractivity contribution in [2.75, 3.05) is 26.2 Å². The van der Waals surface area contributed by atoms with Crippen molar-refractivity contribution < 1.29 is 4.79 Å². The number of hydrogen-bond donors (Lipinski definition) is 1. The van der Waals surface area contributed by atoms with Crippen LogP contribution in [0.3, 0.4) is 0 Å². The molecule has 110 valence electrons. The van der Waals surface area contributed by atoms with Gasteiger partial charge in [0.2, 0.25) is 0 Å². The zero-order valence-electron chi connectivity index (χ0n) is 11.8. The van der Waals surface area contributed by atoms with E-state index < -0.39 is 0 Å². The molecule has 0 radical (unpaired) electrons. The molecule has 0 bridgehead atoms. The lowest BCUT2D eigenvalue weighted by atomic mass is 10.1. The number of nitrogens with zero attached hydrogens (tertiary/aromatic N) is 3. The average molecular weight is 312 g/mol. The van der Waals surface area contributed by atoms with Gasteiger partial charge in [-0.15, -0.1) is 11.3 Å². The zero-order valence-corrected chi connectivity index (χ0v) is 13.5. The molecule has 1 amide bonds. The Labute approximate surface area is 128 Å². The maximum atomic E-state index is 12.4. The van der Waals surface area contributed by atoms with Gasteiger partial charge in [0.15, 0.2) is 0 Å². The number of amides is 1. The number of nitrogens with two attached hydrogens (primary N) is 1. The summed E-state index contributed by atoms with van der Waals surface area (Å²) in [7, 11) is 0. The summed E-state index contributed by atoms with van der Waals surface area (Å²) in [5.74, 6) is 0.0908. The largest absolute Gasteiger partial charge is 0.392 e. The van der Waals surface area contributed by atoms with Gasteiger partial charge in [-0.2, -0.15) is 0 Å². The van der Waals surface area contributed by atoms with Gasteiger partial charge in [0.05, 0.1) is 22.2 Å². The number of carbonyl (C=O) groups is 1. The molecule has 1 saturated heterocycles. The van der Waals surface area contributed by atoms with Gasteiger partial charge < -0.3 is 10.6 Å². The maximum Gasteiger partial charge on any atom is 0.265 e. The van der Waals surface area contributed by atoms with Gasteiger partial charge in [-0.3, -0.25) is 9.69 Å². The molecular weight excluding hydrogens is 292 g/mol. The highest BCUT2D eigenvalue weighted by molar-refractivity contribution is 7.80. The monoisotopic (exact) mass is 312 g/mol. The van der Waals surface area contributed by atoms with Gasteiger partial charge in [0.25, 0.3) is 5.91 Å². The first kappa shape index (κ1) is 15.3. The van der Waals surface area contributed by atoms with Crippen molar-refractivity contribution in [3.05, 3.63) is 16.1 Å². The smallest absolute Gasteiger partial charge is 0.265 e. The number of hydrogen-bond acceptors (Lipinski definition) is 5. The van der Waals surface area contributed by atoms with Crippen LogP contribution >= 0.6 is 23.6 Å². The number of aryl methyl sites for hydroxylation is 1. The fourth-order valence-electron chi connectivity index (χ4n) is 2.53. The highest BCUT2D eigenvalue weighted by atomic mass is 32.1. The Hall–Kier alpha value is -1.05. The molecule has 2 N–H and O–H groups in total. The quantitative estimate of drug-likeness (QED) is 0.849. The van der Waals surface area contributed by atoms with E-state index in [4.69, 9.17) is 18.0 Å². The molecule has 1 aromatic rings. The van der Waals surface area contributed by atoms with Crippen molar-refractivity contribution >= 4 is 34.5 Å². The van der Waals surface area contributed by atoms with Gasteiger partial charge in [-0.1, -0.05) is 19.1 Å². The predicted octanol–water partition coefficient (Wildman–Crippen LogP) is 1.27. The van der Waals surface area contributed by atoms with Gasteiger partial charge in [0, 0.05) is 26.2 Å². The molecule has 1 aliphatic heterocycles. The van der Waals surface area contributed by atoms with Crippen molar-refractivity contribution in [3.8, 4) is 0 Å². The lowest BCUT2D eigenvalue weighted by molar-refractivity contribution is 0.0615. The van der Waals surface area contributed by atoms with Crippen LogP contribution in [0.25, 0.3) is 0 Å². The summed E-state index contributed by atoms with van der Waals surface area (Å²) >= 11 is 6.52. The van der Waals surface area contributed by atoms with Crippen molar-refractivity contribution in [1.82, 2.24) is 14.8 Å². The molecule has 0 aliphatic carbocycles. The highest BCUT2D eigenvalue weighted by Crippen LogP contribution is 2.17. The van der Waals surface area contributed by atoms with E-state index in [1.165, 1.54) is 11.3 Å². The van der Waals surface area contributed by atoms with Crippen molar-refractivity contribution in [2.24, 2.45) is 5.73 Å². The number of piperazine rings is 1. The Morgan fingerprint density at radius 2 is 2.15 bits per heavy atom. The second-order valence-corrected chi connectivity index (χ2v) is 6.25. The van der Waals surface area contributed by atoms with Crippen molar-refractivity contribution in [1.29, 1.82) is 0 Å². The molecule has 20 heavy (non-hydrogen) atoms. The van der Waals surface area contributed by atoms with Crippen LogP contribution in [0.2, 0.25) is 0 Å². The molecule has 1 atom stereocenters. The standard InChI is InChI=1S/C13H20N4OS2/c1-3-10(12(14)19)16-4-6-17(7-5-16)13(18)11-9(2)15-8-20-11/h8,10H,3-7H2,1-2H3,(H2,14,19). The molecule has 1 aromatic heterocycles. The van der Waals surface area contributed by atoms with Gasteiger partial charge in [-0.25, -0.2) is 4.98 Å². The lowest BCUT2D eigenvalue weighted by Crippen LogP contribution is -2.54. The zero-order chi connectivity index (χ0) is 14.7. The minimum absolute atomic E-state index is 0.0908. The van der Waals surface area contributed by atoms with Gasteiger partial charge >= 0.3 is 0 Å². The van der Waals surface area contributed by atoms with E-state index in [9.17, 15) is 4.79 Å². The van der Waals surface area contributed by atoms with Crippen molar-refractivity contribution in [2.45, 2.75) is 26.3 Å². The minimum atomic E-state index is 0.0908. The SMILES string of the molecule is CCC(C(N)=S)N1CCN(C(=O)c2scnc2C)CC1. The summed E-state index contributed by atoms with van der Waals surface area (Å²) < 4.78 is 0. The molecular formula is C13H20N4OS2. The first-order valence-corrected chi connectivity index (χ1v) is 8.06. The molecule has 0 saturated carbocycles. The molecule has 0 spiro atoms. The number of aromatic nitrogens is 1. The molecule has 1 fully saturated rings. The van der Waals surface area contributed by atoms with Crippen LogP contribution in [-0.2, 0) is 0 Å². The summed E-state index contributed by atoms with van der Waals surface area (Å²) in [6.45, 7) is 7.03. The average Bonchev–Trinajstić information content (AvgIpc) is 2.85. The summed E-state index contributed by atoms with van der Waals surface area (Å²) in [6, 6.07) is 0.146. The fourth-order valence-corrected chi connectivity index (χ4v) is 3.61. The van der Waals surface area contributed by atoms with Crippen LogP contribution in [0.5, 0.6) is 0 Å². The Morgan fingerprint density at radius 1 is 1.50 bits per heavy atom. The Bertz CT molecular complexity index is 494. The molecule has 1 aliphatic rings. The van der Waals surface area contributed by atoms with E-state index in [0.717, 1.165) is 43.2 Å². The van der Waals surface area contributed by atoms with Gasteiger partial charge in [-0.05, 0) is 13.3 Å². The van der Waals surface area contributed by atoms with Gasteiger partial charge in [0.1, 0.15) is 4.88 Å². The number of thiazole rings is 1. The van der Waals surface area contributed by atoms with Crippen LogP contribution in [-0.4, -0.2) is 57.9 Å². The third-order valence-corrected chi connectivity index (χ3v) is 4.89. The molecule has 0 aromatic carbocycles. The highest BCUT2D eigenvalue weighted by Gasteiger charge is 2.28.